The van der Waals surface area contributed by atoms with Gasteiger partial charge in [0, 0.05) is 12.6 Å². The van der Waals surface area contributed by atoms with Crippen LogP contribution >= 0.6 is 0 Å². The van der Waals surface area contributed by atoms with Crippen LogP contribution in [0, 0.1) is 23.7 Å². The molecule has 0 bridgehead atoms. The lowest BCUT2D eigenvalue weighted by Crippen LogP contribution is -2.45. The minimum absolute atomic E-state index is 0.685. The zero-order chi connectivity index (χ0) is 12.3. The predicted molar refractivity (Wildman–Crippen MR) is 72.1 cm³/mol. The summed E-state index contributed by atoms with van der Waals surface area (Å²) in [5.41, 5.74) is 0. The van der Waals surface area contributed by atoms with E-state index >= 15 is 0 Å². The maximum absolute atomic E-state index is 5.66. The van der Waals surface area contributed by atoms with E-state index in [1.54, 1.807) is 0 Å². The van der Waals surface area contributed by atoms with Crippen molar-refractivity contribution < 1.29 is 4.74 Å². The van der Waals surface area contributed by atoms with E-state index in [0.29, 0.717) is 6.04 Å². The highest BCUT2D eigenvalue weighted by molar-refractivity contribution is 4.88. The molecule has 1 aliphatic heterocycles. The van der Waals surface area contributed by atoms with Gasteiger partial charge in [0.05, 0.1) is 6.61 Å². The number of rotatable bonds is 3. The molecule has 1 heterocycles. The zero-order valence-electron chi connectivity index (χ0n) is 11.7. The molecule has 2 fully saturated rings. The summed E-state index contributed by atoms with van der Waals surface area (Å²) in [6.45, 7) is 6.80. The van der Waals surface area contributed by atoms with Gasteiger partial charge in [0.1, 0.15) is 0 Å². The number of hydrogen-bond acceptors (Lipinski definition) is 2. The molecule has 0 aromatic rings. The van der Waals surface area contributed by atoms with Gasteiger partial charge in [0.15, 0.2) is 0 Å². The van der Waals surface area contributed by atoms with Crippen molar-refractivity contribution in [2.75, 3.05) is 20.3 Å². The van der Waals surface area contributed by atoms with E-state index in [2.05, 4.69) is 26.2 Å². The summed E-state index contributed by atoms with van der Waals surface area (Å²) >= 11 is 0. The van der Waals surface area contributed by atoms with E-state index in [-0.39, 0.29) is 0 Å². The second-order valence-corrected chi connectivity index (χ2v) is 6.32. The molecule has 2 heteroatoms. The first-order valence-corrected chi connectivity index (χ1v) is 7.47. The fourth-order valence-electron chi connectivity index (χ4n) is 3.82. The second-order valence-electron chi connectivity index (χ2n) is 6.32. The monoisotopic (exact) mass is 239 g/mol. The lowest BCUT2D eigenvalue weighted by molar-refractivity contribution is 0.0205. The van der Waals surface area contributed by atoms with Gasteiger partial charge in [-0.1, -0.05) is 20.3 Å². The molecule has 0 aromatic heterocycles. The van der Waals surface area contributed by atoms with Crippen molar-refractivity contribution in [3.63, 3.8) is 0 Å². The van der Waals surface area contributed by atoms with Gasteiger partial charge in [-0.15, -0.1) is 0 Å². The molecule has 2 rings (SSSR count). The molecule has 1 saturated heterocycles. The fourth-order valence-corrected chi connectivity index (χ4v) is 3.82. The molecule has 17 heavy (non-hydrogen) atoms. The normalized spacial score (nSPS) is 41.1. The average Bonchev–Trinajstić information content (AvgIpc) is 2.36. The topological polar surface area (TPSA) is 21.3 Å². The largest absolute Gasteiger partial charge is 0.381 e. The summed E-state index contributed by atoms with van der Waals surface area (Å²) in [6, 6.07) is 0.685. The van der Waals surface area contributed by atoms with E-state index < -0.39 is 0 Å². The van der Waals surface area contributed by atoms with Crippen LogP contribution in [0.1, 0.15) is 46.0 Å². The highest BCUT2D eigenvalue weighted by Gasteiger charge is 2.34. The SMILES string of the molecule is CNC(C1CCCOC1)C1CCC(C)C(C)C1. The van der Waals surface area contributed by atoms with Gasteiger partial charge >= 0.3 is 0 Å². The van der Waals surface area contributed by atoms with Gasteiger partial charge in [-0.3, -0.25) is 0 Å². The van der Waals surface area contributed by atoms with Crippen LogP contribution < -0.4 is 5.32 Å². The second kappa shape index (κ2) is 6.19. The Hall–Kier alpha value is -0.0800. The fraction of sp³-hybridized carbons (Fsp3) is 1.00. The van der Waals surface area contributed by atoms with Crippen LogP contribution in [0.2, 0.25) is 0 Å². The molecule has 5 unspecified atom stereocenters. The Bertz CT molecular complexity index is 225. The van der Waals surface area contributed by atoms with Crippen molar-refractivity contribution in [2.45, 2.75) is 52.0 Å². The molecule has 0 spiro atoms. The van der Waals surface area contributed by atoms with Crippen LogP contribution in [0.4, 0.5) is 0 Å². The Morgan fingerprint density at radius 2 is 1.88 bits per heavy atom. The van der Waals surface area contributed by atoms with Gasteiger partial charge in [0.25, 0.3) is 0 Å². The molecule has 2 aliphatic rings. The van der Waals surface area contributed by atoms with Crippen molar-refractivity contribution in [3.8, 4) is 0 Å². The van der Waals surface area contributed by atoms with E-state index in [9.17, 15) is 0 Å². The molecule has 0 radical (unpaired) electrons. The van der Waals surface area contributed by atoms with Crippen LogP contribution in [0.25, 0.3) is 0 Å². The molecular weight excluding hydrogens is 210 g/mol. The zero-order valence-corrected chi connectivity index (χ0v) is 11.7. The molecule has 1 N–H and O–H groups in total. The molecule has 0 aromatic carbocycles. The van der Waals surface area contributed by atoms with Crippen LogP contribution in [0.15, 0.2) is 0 Å². The van der Waals surface area contributed by atoms with Crippen LogP contribution in [0.5, 0.6) is 0 Å². The summed E-state index contributed by atoms with van der Waals surface area (Å²) in [5, 5.41) is 3.60. The van der Waals surface area contributed by atoms with Gasteiger partial charge < -0.3 is 10.1 Å². The quantitative estimate of drug-likeness (QED) is 0.817. The smallest absolute Gasteiger partial charge is 0.0509 e. The molecule has 100 valence electrons. The van der Waals surface area contributed by atoms with Crippen molar-refractivity contribution in [2.24, 2.45) is 23.7 Å². The van der Waals surface area contributed by atoms with Crippen molar-refractivity contribution in [1.29, 1.82) is 0 Å². The maximum atomic E-state index is 5.66. The lowest BCUT2D eigenvalue weighted by Gasteiger charge is -2.41. The lowest BCUT2D eigenvalue weighted by atomic mass is 9.70. The first kappa shape index (κ1) is 13.4. The van der Waals surface area contributed by atoms with Gasteiger partial charge in [-0.25, -0.2) is 0 Å². The number of hydrogen-bond donors (Lipinski definition) is 1. The maximum Gasteiger partial charge on any atom is 0.0509 e. The van der Waals surface area contributed by atoms with Crippen molar-refractivity contribution >= 4 is 0 Å². The number of ether oxygens (including phenoxy) is 1. The van der Waals surface area contributed by atoms with E-state index in [1.807, 2.05) is 0 Å². The molecule has 5 atom stereocenters. The molecule has 2 nitrogen and oxygen atoms in total. The average molecular weight is 239 g/mol. The molecular formula is C15H29NO. The molecule has 0 amide bonds. The van der Waals surface area contributed by atoms with E-state index in [4.69, 9.17) is 4.74 Å². The minimum atomic E-state index is 0.685. The summed E-state index contributed by atoms with van der Waals surface area (Å²) < 4.78 is 5.66. The third-order valence-electron chi connectivity index (χ3n) is 5.18. The summed E-state index contributed by atoms with van der Waals surface area (Å²) in [4.78, 5) is 0. The van der Waals surface area contributed by atoms with Gasteiger partial charge in [-0.2, -0.15) is 0 Å². The van der Waals surface area contributed by atoms with Crippen LogP contribution in [-0.4, -0.2) is 26.3 Å². The van der Waals surface area contributed by atoms with Crippen molar-refractivity contribution in [3.05, 3.63) is 0 Å². The third kappa shape index (κ3) is 3.23. The third-order valence-corrected chi connectivity index (χ3v) is 5.18. The highest BCUT2D eigenvalue weighted by Crippen LogP contribution is 2.37. The first-order chi connectivity index (χ1) is 8.22. The van der Waals surface area contributed by atoms with Crippen LogP contribution in [0.3, 0.4) is 0 Å². The first-order valence-electron chi connectivity index (χ1n) is 7.47. The Labute approximate surface area is 107 Å². The van der Waals surface area contributed by atoms with E-state index in [1.165, 1.54) is 32.1 Å². The standard InChI is InChI=1S/C15H29NO/c1-11-6-7-13(9-12(11)2)15(16-3)14-5-4-8-17-10-14/h11-16H,4-10H2,1-3H3. The summed E-state index contributed by atoms with van der Waals surface area (Å²) in [6.07, 6.45) is 6.84. The summed E-state index contributed by atoms with van der Waals surface area (Å²) in [5.74, 6) is 3.44. The Morgan fingerprint density at radius 1 is 1.06 bits per heavy atom. The molecule has 1 saturated carbocycles. The van der Waals surface area contributed by atoms with Crippen molar-refractivity contribution in [1.82, 2.24) is 5.32 Å². The van der Waals surface area contributed by atoms with E-state index in [0.717, 1.165) is 36.9 Å². The van der Waals surface area contributed by atoms with Gasteiger partial charge in [-0.05, 0) is 56.4 Å². The minimum Gasteiger partial charge on any atom is -0.381 e. The van der Waals surface area contributed by atoms with Gasteiger partial charge in [0.2, 0.25) is 0 Å². The van der Waals surface area contributed by atoms with Crippen LogP contribution in [-0.2, 0) is 4.74 Å². The Morgan fingerprint density at radius 3 is 2.47 bits per heavy atom. The summed E-state index contributed by atoms with van der Waals surface area (Å²) in [7, 11) is 2.14. The Balaban J connectivity index is 1.93. The number of nitrogens with one attached hydrogen (secondary N) is 1. The molecule has 1 aliphatic carbocycles. The highest BCUT2D eigenvalue weighted by atomic mass is 16.5. The predicted octanol–water partition coefficient (Wildman–Crippen LogP) is 3.07. The Kier molecular flexibility index (Phi) is 4.87.